The summed E-state index contributed by atoms with van der Waals surface area (Å²) in [6.07, 6.45) is 0. The molecule has 0 bridgehead atoms. The van der Waals surface area contributed by atoms with Crippen LogP contribution in [0.1, 0.15) is 24.1 Å². The summed E-state index contributed by atoms with van der Waals surface area (Å²) in [6.45, 7) is 4.54. The fourth-order valence-corrected chi connectivity index (χ4v) is 4.87. The molecule has 1 N–H and O–H groups in total. The van der Waals surface area contributed by atoms with Crippen LogP contribution in [0.15, 0.2) is 78.9 Å². The number of hydrogen-bond acceptors (Lipinski definition) is 3. The minimum absolute atomic E-state index is 0.285. The van der Waals surface area contributed by atoms with Gasteiger partial charge in [0.15, 0.2) is 0 Å². The first-order chi connectivity index (χ1) is 14.1. The zero-order valence-electron chi connectivity index (χ0n) is 16.4. The van der Waals surface area contributed by atoms with E-state index in [2.05, 4.69) is 0 Å². The summed E-state index contributed by atoms with van der Waals surface area (Å²) in [5, 5.41) is 8.88. The van der Waals surface area contributed by atoms with E-state index in [9.17, 15) is 4.21 Å². The molecular formula is C23H23N3O2S. The number of benzene rings is 3. The van der Waals surface area contributed by atoms with E-state index in [4.69, 9.17) is 10.1 Å². The molecular weight excluding hydrogens is 382 g/mol. The maximum atomic E-state index is 13.6. The summed E-state index contributed by atoms with van der Waals surface area (Å²) in [5.74, 6) is 1.05. The minimum Gasteiger partial charge on any atom is -0.494 e. The second-order valence-electron chi connectivity index (χ2n) is 6.81. The van der Waals surface area contributed by atoms with Crippen molar-refractivity contribution in [3.8, 4) is 5.75 Å². The molecule has 2 unspecified atom stereocenters. The van der Waals surface area contributed by atoms with Crippen LogP contribution < -0.4 is 13.3 Å². The molecule has 0 saturated carbocycles. The number of amidine groups is 1. The predicted octanol–water partition coefficient (Wildman–Crippen LogP) is 5.02. The van der Waals surface area contributed by atoms with E-state index in [-0.39, 0.29) is 5.84 Å². The fraction of sp³-hybridized carbons (Fsp3) is 0.174. The van der Waals surface area contributed by atoms with Crippen molar-refractivity contribution in [2.24, 2.45) is 0 Å². The van der Waals surface area contributed by atoms with Gasteiger partial charge in [0.25, 0.3) is 0 Å². The first-order valence-electron chi connectivity index (χ1n) is 9.54. The van der Waals surface area contributed by atoms with Gasteiger partial charge in [-0.15, -0.1) is 0 Å². The molecule has 1 saturated heterocycles. The van der Waals surface area contributed by atoms with Crippen molar-refractivity contribution in [1.29, 1.82) is 5.41 Å². The van der Waals surface area contributed by atoms with E-state index in [0.29, 0.717) is 6.61 Å². The Morgan fingerprint density at radius 1 is 0.931 bits per heavy atom. The van der Waals surface area contributed by atoms with Crippen LogP contribution in [0.3, 0.4) is 0 Å². The molecule has 3 aromatic rings. The Balaban J connectivity index is 1.78. The Bertz CT molecular complexity index is 1020. The van der Waals surface area contributed by atoms with Gasteiger partial charge in [-0.25, -0.2) is 8.51 Å². The van der Waals surface area contributed by atoms with E-state index in [1.54, 1.807) is 8.61 Å². The van der Waals surface area contributed by atoms with Crippen molar-refractivity contribution >= 4 is 28.4 Å². The van der Waals surface area contributed by atoms with E-state index >= 15 is 0 Å². The first kappa shape index (κ1) is 19.2. The van der Waals surface area contributed by atoms with Crippen LogP contribution in [0.4, 0.5) is 11.4 Å². The zero-order valence-corrected chi connectivity index (χ0v) is 17.2. The molecule has 0 radical (unpaired) electrons. The third-order valence-electron chi connectivity index (χ3n) is 4.82. The van der Waals surface area contributed by atoms with E-state index in [0.717, 1.165) is 28.3 Å². The van der Waals surface area contributed by atoms with Crippen molar-refractivity contribution in [3.05, 3.63) is 90.0 Å². The van der Waals surface area contributed by atoms with Gasteiger partial charge in [-0.2, -0.15) is 0 Å². The topological polar surface area (TPSA) is 56.6 Å². The van der Waals surface area contributed by atoms with Crippen LogP contribution in [-0.2, 0) is 11.2 Å². The van der Waals surface area contributed by atoms with Gasteiger partial charge in [0.2, 0.25) is 11.2 Å². The maximum Gasteiger partial charge on any atom is 0.232 e. The summed E-state index contributed by atoms with van der Waals surface area (Å²) < 4.78 is 22.5. The second-order valence-corrected chi connectivity index (χ2v) is 8.03. The van der Waals surface area contributed by atoms with Gasteiger partial charge in [-0.3, -0.25) is 9.71 Å². The minimum atomic E-state index is -1.58. The summed E-state index contributed by atoms with van der Waals surface area (Å²) >= 11 is -1.58. The largest absolute Gasteiger partial charge is 0.494 e. The molecule has 6 heteroatoms. The van der Waals surface area contributed by atoms with Crippen molar-refractivity contribution in [3.63, 3.8) is 0 Å². The molecule has 1 aliphatic rings. The Labute approximate surface area is 173 Å². The Hall–Kier alpha value is -3.12. The smallest absolute Gasteiger partial charge is 0.232 e. The maximum absolute atomic E-state index is 13.6. The second kappa shape index (κ2) is 8.09. The molecule has 1 aliphatic heterocycles. The lowest BCUT2D eigenvalue weighted by Crippen LogP contribution is -2.27. The molecule has 0 aliphatic carbocycles. The Morgan fingerprint density at radius 3 is 2.17 bits per heavy atom. The van der Waals surface area contributed by atoms with Crippen LogP contribution in [0.5, 0.6) is 5.75 Å². The highest BCUT2D eigenvalue weighted by Gasteiger charge is 2.44. The highest BCUT2D eigenvalue weighted by molar-refractivity contribution is 7.89. The lowest BCUT2D eigenvalue weighted by molar-refractivity contribution is 0.340. The molecule has 29 heavy (non-hydrogen) atoms. The number of anilines is 2. The molecule has 148 valence electrons. The third-order valence-corrected chi connectivity index (χ3v) is 6.30. The molecule has 1 fully saturated rings. The van der Waals surface area contributed by atoms with Gasteiger partial charge in [0.05, 0.1) is 18.0 Å². The zero-order chi connectivity index (χ0) is 20.4. The molecule has 0 aromatic heterocycles. The normalized spacial score (nSPS) is 18.9. The van der Waals surface area contributed by atoms with Crippen molar-refractivity contribution in [2.75, 3.05) is 15.2 Å². The monoisotopic (exact) mass is 405 g/mol. The molecule has 3 aromatic carbocycles. The molecule has 4 rings (SSSR count). The number of nitrogens with zero attached hydrogens (tertiary/aromatic N) is 2. The van der Waals surface area contributed by atoms with Gasteiger partial charge in [-0.1, -0.05) is 48.0 Å². The molecule has 0 amide bonds. The number of hydrogen-bond donors (Lipinski definition) is 1. The van der Waals surface area contributed by atoms with Crippen LogP contribution in [0.2, 0.25) is 0 Å². The predicted molar refractivity (Wildman–Crippen MR) is 119 cm³/mol. The Kier molecular flexibility index (Phi) is 5.36. The third kappa shape index (κ3) is 3.63. The number of nitrogens with one attached hydrogen (secondary N) is 1. The van der Waals surface area contributed by atoms with Gasteiger partial charge >= 0.3 is 0 Å². The van der Waals surface area contributed by atoms with Gasteiger partial charge in [-0.05, 0) is 55.8 Å². The standard InChI is InChI=1S/C23H23N3O2S/c1-3-28-21-15-13-19(14-16-21)25-22(18-7-5-4-6-8-18)23(24)26(29(25)27)20-11-9-17(2)10-12-20/h4-16,22,24H,3H2,1-2H3. The summed E-state index contributed by atoms with van der Waals surface area (Å²) in [7, 11) is 0. The first-order valence-corrected chi connectivity index (χ1v) is 10.6. The van der Waals surface area contributed by atoms with Crippen LogP contribution in [0.25, 0.3) is 0 Å². The summed E-state index contributed by atoms with van der Waals surface area (Å²) in [4.78, 5) is 0. The number of rotatable bonds is 5. The van der Waals surface area contributed by atoms with Gasteiger partial charge in [0.1, 0.15) is 17.6 Å². The highest BCUT2D eigenvalue weighted by atomic mass is 32.2. The fourth-order valence-electron chi connectivity index (χ4n) is 3.42. The number of aryl methyl sites for hydroxylation is 1. The molecule has 0 spiro atoms. The lowest BCUT2D eigenvalue weighted by atomic mass is 10.0. The van der Waals surface area contributed by atoms with E-state index < -0.39 is 17.2 Å². The van der Waals surface area contributed by atoms with E-state index in [1.165, 1.54) is 0 Å². The lowest BCUT2D eigenvalue weighted by Gasteiger charge is -2.23. The molecule has 1 heterocycles. The van der Waals surface area contributed by atoms with Gasteiger partial charge in [0, 0.05) is 0 Å². The average molecular weight is 406 g/mol. The number of ether oxygens (including phenoxy) is 1. The van der Waals surface area contributed by atoms with Crippen LogP contribution >= 0.6 is 0 Å². The van der Waals surface area contributed by atoms with Crippen molar-refractivity contribution < 1.29 is 8.95 Å². The van der Waals surface area contributed by atoms with Gasteiger partial charge < -0.3 is 4.74 Å². The average Bonchev–Trinajstić information content (AvgIpc) is 3.00. The molecule has 5 nitrogen and oxygen atoms in total. The quantitative estimate of drug-likeness (QED) is 0.648. The Morgan fingerprint density at radius 2 is 1.55 bits per heavy atom. The summed E-state index contributed by atoms with van der Waals surface area (Å²) in [5.41, 5.74) is 3.57. The van der Waals surface area contributed by atoms with Crippen LogP contribution in [-0.4, -0.2) is 16.7 Å². The molecule has 2 atom stereocenters. The van der Waals surface area contributed by atoms with Crippen LogP contribution in [0, 0.1) is 12.3 Å². The van der Waals surface area contributed by atoms with E-state index in [1.807, 2.05) is 92.7 Å². The van der Waals surface area contributed by atoms with Crippen molar-refractivity contribution in [2.45, 2.75) is 19.9 Å². The van der Waals surface area contributed by atoms with Crippen molar-refractivity contribution in [1.82, 2.24) is 0 Å². The SMILES string of the molecule is CCOc1ccc(N2C(c3ccccc3)C(=N)N(c3ccc(C)cc3)S2=O)cc1. The summed E-state index contributed by atoms with van der Waals surface area (Å²) in [6, 6.07) is 24.6. The highest BCUT2D eigenvalue weighted by Crippen LogP contribution is 2.40.